The minimum absolute atomic E-state index is 0.113. The first-order valence-corrected chi connectivity index (χ1v) is 9.22. The lowest BCUT2D eigenvalue weighted by molar-refractivity contribution is -0.0323. The van der Waals surface area contributed by atoms with Crippen LogP contribution in [-0.4, -0.2) is 50.3 Å². The zero-order valence-corrected chi connectivity index (χ0v) is 16.1. The van der Waals surface area contributed by atoms with Crippen molar-refractivity contribution in [2.24, 2.45) is 0 Å². The van der Waals surface area contributed by atoms with Crippen LogP contribution in [0.5, 0.6) is 0 Å². The van der Waals surface area contributed by atoms with E-state index in [4.69, 9.17) is 10.5 Å². The van der Waals surface area contributed by atoms with Crippen LogP contribution in [0.2, 0.25) is 0 Å². The predicted octanol–water partition coefficient (Wildman–Crippen LogP) is 2.63. The summed E-state index contributed by atoms with van der Waals surface area (Å²) >= 11 is 0. The molecule has 8 nitrogen and oxygen atoms in total. The number of benzene rings is 1. The Morgan fingerprint density at radius 3 is 2.93 bits per heavy atom. The summed E-state index contributed by atoms with van der Waals surface area (Å²) in [7, 11) is 0. The van der Waals surface area contributed by atoms with Crippen LogP contribution in [0.3, 0.4) is 0 Å². The molecule has 0 aliphatic carbocycles. The molecule has 8 heteroatoms. The van der Waals surface area contributed by atoms with Crippen LogP contribution in [0.4, 0.5) is 10.6 Å². The van der Waals surface area contributed by atoms with Gasteiger partial charge in [-0.05, 0) is 49.2 Å². The largest absolute Gasteiger partial charge is 0.465 e. The van der Waals surface area contributed by atoms with E-state index in [1.165, 1.54) is 4.90 Å². The first-order valence-electron chi connectivity index (χ1n) is 9.22. The number of anilines is 1. The van der Waals surface area contributed by atoms with Crippen molar-refractivity contribution in [1.82, 2.24) is 19.9 Å². The van der Waals surface area contributed by atoms with Crippen molar-refractivity contribution in [3.8, 4) is 11.8 Å². The van der Waals surface area contributed by atoms with Crippen LogP contribution < -0.4 is 5.73 Å². The maximum atomic E-state index is 11.9. The average molecular weight is 391 g/mol. The molecule has 3 heterocycles. The second-order valence-electron chi connectivity index (χ2n) is 7.05. The maximum absolute atomic E-state index is 11.9. The molecule has 0 spiro atoms. The molecule has 4 N–H and O–H groups in total. The molecule has 0 bridgehead atoms. The Hall–Kier alpha value is -3.57. The van der Waals surface area contributed by atoms with Crippen molar-refractivity contribution in [2.45, 2.75) is 26.0 Å². The minimum Gasteiger partial charge on any atom is -0.465 e. The fourth-order valence-electron chi connectivity index (χ4n) is 3.31. The molecule has 1 aliphatic heterocycles. The summed E-state index contributed by atoms with van der Waals surface area (Å²) in [6.07, 6.45) is -0.0142. The molecular formula is C21H21N5O3. The summed E-state index contributed by atoms with van der Waals surface area (Å²) in [5.41, 5.74) is 10.3. The number of carboxylic acid groups (broad SMARTS) is 1. The van der Waals surface area contributed by atoms with E-state index in [1.54, 1.807) is 18.3 Å². The molecule has 2 atom stereocenters. The fraction of sp³-hybridized carbons (Fsp3) is 0.286. The third kappa shape index (κ3) is 3.73. The summed E-state index contributed by atoms with van der Waals surface area (Å²) in [6.45, 7) is 4.32. The van der Waals surface area contributed by atoms with Crippen molar-refractivity contribution in [1.29, 1.82) is 0 Å². The molecule has 29 heavy (non-hydrogen) atoms. The SMILES string of the molecule is Cc1cc2nc([C@@H]3CO[C@H](C#Cc4cccnc4N)CN3C(=O)O)[nH]c2cc1C. The summed E-state index contributed by atoms with van der Waals surface area (Å²) in [5.74, 6) is 6.77. The van der Waals surface area contributed by atoms with Crippen LogP contribution in [0.15, 0.2) is 30.5 Å². The standard InChI is InChI=1S/C21H21N5O3/c1-12-8-16-17(9-13(12)2)25-20(24-16)18-11-29-15(10-26(18)21(27)28)6-5-14-4-3-7-23-19(14)22/h3-4,7-9,15,18H,10-11H2,1-2H3,(H2,22,23)(H,24,25)(H,27,28)/t15-,18+/m1/s1. The third-order valence-electron chi connectivity index (χ3n) is 5.08. The highest BCUT2D eigenvalue weighted by Crippen LogP contribution is 2.27. The molecule has 2 aromatic heterocycles. The Labute approximate surface area is 167 Å². The van der Waals surface area contributed by atoms with Crippen LogP contribution in [-0.2, 0) is 4.74 Å². The number of rotatable bonds is 1. The number of nitrogens with two attached hydrogens (primary N) is 1. The molecule has 4 rings (SSSR count). The van der Waals surface area contributed by atoms with Crippen molar-refractivity contribution < 1.29 is 14.6 Å². The zero-order chi connectivity index (χ0) is 20.5. The summed E-state index contributed by atoms with van der Waals surface area (Å²) in [5, 5.41) is 9.73. The molecule has 1 saturated heterocycles. The molecule has 148 valence electrons. The number of aryl methyl sites for hydroxylation is 2. The Bertz CT molecular complexity index is 1110. The van der Waals surface area contributed by atoms with Gasteiger partial charge < -0.3 is 20.6 Å². The van der Waals surface area contributed by atoms with Gasteiger partial charge in [0.2, 0.25) is 0 Å². The van der Waals surface area contributed by atoms with Gasteiger partial charge in [0.15, 0.2) is 0 Å². The number of amides is 1. The number of carbonyl (C=O) groups is 1. The van der Waals surface area contributed by atoms with Crippen molar-refractivity contribution >= 4 is 22.9 Å². The zero-order valence-electron chi connectivity index (χ0n) is 16.1. The van der Waals surface area contributed by atoms with Crippen LogP contribution >= 0.6 is 0 Å². The lowest BCUT2D eigenvalue weighted by Crippen LogP contribution is -2.47. The first-order chi connectivity index (χ1) is 13.9. The van der Waals surface area contributed by atoms with E-state index < -0.39 is 18.2 Å². The smallest absolute Gasteiger partial charge is 0.408 e. The predicted molar refractivity (Wildman–Crippen MR) is 108 cm³/mol. The van der Waals surface area contributed by atoms with E-state index in [0.29, 0.717) is 17.2 Å². The molecule has 1 fully saturated rings. The second kappa shape index (κ2) is 7.45. The fourth-order valence-corrected chi connectivity index (χ4v) is 3.31. The van der Waals surface area contributed by atoms with Gasteiger partial charge in [-0.2, -0.15) is 0 Å². The number of aromatic nitrogens is 3. The Kier molecular flexibility index (Phi) is 4.82. The van der Waals surface area contributed by atoms with Crippen LogP contribution in [0, 0.1) is 25.7 Å². The summed E-state index contributed by atoms with van der Waals surface area (Å²) in [4.78, 5) is 25.0. The van der Waals surface area contributed by atoms with E-state index in [0.717, 1.165) is 22.2 Å². The van der Waals surface area contributed by atoms with Gasteiger partial charge >= 0.3 is 6.09 Å². The quantitative estimate of drug-likeness (QED) is 0.549. The van der Waals surface area contributed by atoms with Gasteiger partial charge in [0.05, 0.1) is 29.7 Å². The average Bonchev–Trinajstić information content (AvgIpc) is 3.10. The summed E-state index contributed by atoms with van der Waals surface area (Å²) in [6, 6.07) is 6.98. The van der Waals surface area contributed by atoms with Gasteiger partial charge in [-0.15, -0.1) is 0 Å². The monoisotopic (exact) mass is 391 g/mol. The van der Waals surface area contributed by atoms with Crippen molar-refractivity contribution in [2.75, 3.05) is 18.9 Å². The Morgan fingerprint density at radius 1 is 1.38 bits per heavy atom. The molecule has 0 unspecified atom stereocenters. The number of pyridine rings is 1. The van der Waals surface area contributed by atoms with Crippen molar-refractivity contribution in [3.05, 3.63) is 53.0 Å². The third-order valence-corrected chi connectivity index (χ3v) is 5.08. The number of hydrogen-bond acceptors (Lipinski definition) is 5. The van der Waals surface area contributed by atoms with Gasteiger partial charge in [-0.25, -0.2) is 14.8 Å². The number of morpholine rings is 1. The lowest BCUT2D eigenvalue weighted by atomic mass is 10.1. The number of ether oxygens (including phenoxy) is 1. The highest BCUT2D eigenvalue weighted by atomic mass is 16.5. The van der Waals surface area contributed by atoms with E-state index in [2.05, 4.69) is 26.8 Å². The molecule has 1 aliphatic rings. The minimum atomic E-state index is -1.04. The van der Waals surface area contributed by atoms with Gasteiger partial charge in [0, 0.05) is 6.20 Å². The van der Waals surface area contributed by atoms with Gasteiger partial charge in [0.25, 0.3) is 0 Å². The van der Waals surface area contributed by atoms with Gasteiger partial charge in [-0.1, -0.05) is 11.8 Å². The molecule has 0 saturated carbocycles. The number of nitrogen functional groups attached to an aromatic ring is 1. The molecular weight excluding hydrogens is 370 g/mol. The highest BCUT2D eigenvalue weighted by Gasteiger charge is 2.34. The van der Waals surface area contributed by atoms with Gasteiger partial charge in [0.1, 0.15) is 23.8 Å². The summed E-state index contributed by atoms with van der Waals surface area (Å²) < 4.78 is 5.83. The highest BCUT2D eigenvalue weighted by molar-refractivity contribution is 5.77. The lowest BCUT2D eigenvalue weighted by Gasteiger charge is -2.35. The number of fused-ring (bicyclic) bond motifs is 1. The van der Waals surface area contributed by atoms with Gasteiger partial charge in [-0.3, -0.25) is 4.90 Å². The normalized spacial score (nSPS) is 19.0. The maximum Gasteiger partial charge on any atom is 0.408 e. The van der Waals surface area contributed by atoms with Crippen LogP contribution in [0.1, 0.15) is 28.6 Å². The Balaban J connectivity index is 1.58. The number of imidazole rings is 1. The second-order valence-corrected chi connectivity index (χ2v) is 7.05. The molecule has 0 radical (unpaired) electrons. The Morgan fingerprint density at radius 2 is 2.17 bits per heavy atom. The number of nitrogens with zero attached hydrogens (tertiary/aromatic N) is 3. The van der Waals surface area contributed by atoms with E-state index >= 15 is 0 Å². The topological polar surface area (TPSA) is 117 Å². The molecule has 3 aromatic rings. The molecule has 1 amide bonds. The van der Waals surface area contributed by atoms with E-state index in [9.17, 15) is 9.90 Å². The van der Waals surface area contributed by atoms with Crippen molar-refractivity contribution in [3.63, 3.8) is 0 Å². The van der Waals surface area contributed by atoms with E-state index in [-0.39, 0.29) is 13.2 Å². The van der Waals surface area contributed by atoms with Crippen LogP contribution in [0.25, 0.3) is 11.0 Å². The van der Waals surface area contributed by atoms with E-state index in [1.807, 2.05) is 26.0 Å². The number of nitrogens with one attached hydrogen (secondary N) is 1. The first kappa shape index (κ1) is 18.8. The molecule has 1 aromatic carbocycles. The number of H-pyrrole nitrogens is 1. The number of hydrogen-bond donors (Lipinski definition) is 3. The number of aromatic amines is 1.